The summed E-state index contributed by atoms with van der Waals surface area (Å²) in [6.45, 7) is 4.71. The van der Waals surface area contributed by atoms with Crippen LogP contribution in [0.2, 0.25) is 0 Å². The van der Waals surface area contributed by atoms with Gasteiger partial charge in [-0.25, -0.2) is 0 Å². The molecule has 3 heteroatoms. The molecule has 0 aromatic carbocycles. The highest BCUT2D eigenvalue weighted by molar-refractivity contribution is 5.78. The zero-order valence-electron chi connectivity index (χ0n) is 7.21. The maximum atomic E-state index is 11.2. The third kappa shape index (κ3) is 1.93. The summed E-state index contributed by atoms with van der Waals surface area (Å²) in [7, 11) is 0. The van der Waals surface area contributed by atoms with Crippen molar-refractivity contribution in [1.29, 1.82) is 0 Å². The molecule has 1 rings (SSSR count). The first kappa shape index (κ1) is 8.53. The normalized spacial score (nSPS) is 27.7. The first-order valence-electron chi connectivity index (χ1n) is 4.16. The minimum atomic E-state index is 0.0968. The van der Waals surface area contributed by atoms with Crippen LogP contribution in [0.1, 0.15) is 26.7 Å². The molecule has 0 radical (unpaired) electrons. The summed E-state index contributed by atoms with van der Waals surface area (Å²) in [4.78, 5) is 13.1. The van der Waals surface area contributed by atoms with Gasteiger partial charge in [-0.15, -0.1) is 0 Å². The second kappa shape index (κ2) is 3.22. The van der Waals surface area contributed by atoms with Crippen LogP contribution in [0.15, 0.2) is 0 Å². The van der Waals surface area contributed by atoms with Crippen LogP contribution < -0.4 is 5.73 Å². The van der Waals surface area contributed by atoms with E-state index in [2.05, 4.69) is 6.92 Å². The van der Waals surface area contributed by atoms with Crippen LogP contribution in [0, 0.1) is 0 Å². The van der Waals surface area contributed by atoms with Gasteiger partial charge in [0.05, 0.1) is 0 Å². The van der Waals surface area contributed by atoms with Crippen LogP contribution in [0.3, 0.4) is 0 Å². The Morgan fingerprint density at radius 2 is 2.45 bits per heavy atom. The van der Waals surface area contributed by atoms with Gasteiger partial charge in [-0.05, 0) is 20.3 Å². The molecule has 1 heterocycles. The molecule has 2 N–H and O–H groups in total. The molecule has 0 spiro atoms. The van der Waals surface area contributed by atoms with Gasteiger partial charge in [0, 0.05) is 25.0 Å². The fourth-order valence-electron chi connectivity index (χ4n) is 1.47. The molecule has 2 atom stereocenters. The minimum Gasteiger partial charge on any atom is -0.338 e. The number of nitrogens with zero attached hydrogens (tertiary/aromatic N) is 1. The second-order valence-electron chi connectivity index (χ2n) is 3.41. The third-order valence-electron chi connectivity index (χ3n) is 2.11. The van der Waals surface area contributed by atoms with Crippen LogP contribution in [0.4, 0.5) is 0 Å². The lowest BCUT2D eigenvalue weighted by atomic mass is 10.2. The molecular formula is C8H16N2O. The Labute approximate surface area is 67.5 Å². The van der Waals surface area contributed by atoms with Gasteiger partial charge in [0.1, 0.15) is 0 Å². The average molecular weight is 156 g/mol. The van der Waals surface area contributed by atoms with Crippen molar-refractivity contribution >= 4 is 5.91 Å². The van der Waals surface area contributed by atoms with Crippen molar-refractivity contribution in [2.24, 2.45) is 5.73 Å². The molecule has 1 aliphatic rings. The zero-order chi connectivity index (χ0) is 8.43. The molecule has 0 aliphatic carbocycles. The molecule has 0 aromatic rings. The number of rotatable bonds is 2. The van der Waals surface area contributed by atoms with E-state index >= 15 is 0 Å². The van der Waals surface area contributed by atoms with Crippen LogP contribution in [-0.2, 0) is 4.79 Å². The lowest BCUT2D eigenvalue weighted by Gasteiger charge is -2.23. The van der Waals surface area contributed by atoms with Crippen molar-refractivity contribution in [3.8, 4) is 0 Å². The van der Waals surface area contributed by atoms with Crippen LogP contribution in [-0.4, -0.2) is 29.4 Å². The van der Waals surface area contributed by atoms with Gasteiger partial charge in [-0.3, -0.25) is 4.79 Å². The quantitative estimate of drug-likeness (QED) is 0.627. The van der Waals surface area contributed by atoms with Gasteiger partial charge in [-0.1, -0.05) is 0 Å². The van der Waals surface area contributed by atoms with Gasteiger partial charge in [0.15, 0.2) is 0 Å². The van der Waals surface area contributed by atoms with Crippen LogP contribution >= 0.6 is 0 Å². The maximum absolute atomic E-state index is 11.2. The standard InChI is InChI=1S/C8H16N2O/c1-6(9)5-10-7(2)3-4-8(10)11/h6-7H,3-5,9H2,1-2H3/t6-,7?/m0/s1. The Bertz CT molecular complexity index is 156. The van der Waals surface area contributed by atoms with Crippen LogP contribution in [0.25, 0.3) is 0 Å². The summed E-state index contributed by atoms with van der Waals surface area (Å²) in [5.74, 6) is 0.259. The number of hydrogen-bond acceptors (Lipinski definition) is 2. The van der Waals surface area contributed by atoms with E-state index in [1.165, 1.54) is 0 Å². The summed E-state index contributed by atoms with van der Waals surface area (Å²) in [6, 6.07) is 0.494. The summed E-state index contributed by atoms with van der Waals surface area (Å²) in [6.07, 6.45) is 1.69. The molecule has 1 fully saturated rings. The van der Waals surface area contributed by atoms with Gasteiger partial charge in [0.25, 0.3) is 0 Å². The second-order valence-corrected chi connectivity index (χ2v) is 3.41. The van der Waals surface area contributed by atoms with Gasteiger partial charge in [-0.2, -0.15) is 0 Å². The molecule has 1 unspecified atom stereocenters. The lowest BCUT2D eigenvalue weighted by Crippen LogP contribution is -2.39. The van der Waals surface area contributed by atoms with E-state index in [1.807, 2.05) is 11.8 Å². The van der Waals surface area contributed by atoms with Crippen LogP contribution in [0.5, 0.6) is 0 Å². The Hall–Kier alpha value is -0.570. The molecule has 0 saturated carbocycles. The van der Waals surface area contributed by atoms with Crippen molar-refractivity contribution in [2.45, 2.75) is 38.8 Å². The highest BCUT2D eigenvalue weighted by atomic mass is 16.2. The topological polar surface area (TPSA) is 46.3 Å². The SMILES string of the molecule is CC1CCC(=O)N1C[C@H](C)N. The smallest absolute Gasteiger partial charge is 0.222 e. The van der Waals surface area contributed by atoms with E-state index in [-0.39, 0.29) is 11.9 Å². The summed E-state index contributed by atoms with van der Waals surface area (Å²) >= 11 is 0. The van der Waals surface area contributed by atoms with E-state index in [0.29, 0.717) is 19.0 Å². The number of likely N-dealkylation sites (tertiary alicyclic amines) is 1. The Morgan fingerprint density at radius 3 is 2.82 bits per heavy atom. The Kier molecular flexibility index (Phi) is 2.49. The van der Waals surface area contributed by atoms with E-state index in [4.69, 9.17) is 5.73 Å². The molecule has 11 heavy (non-hydrogen) atoms. The maximum Gasteiger partial charge on any atom is 0.222 e. The molecule has 1 aliphatic heterocycles. The number of nitrogens with two attached hydrogens (primary N) is 1. The summed E-state index contributed by atoms with van der Waals surface area (Å²) < 4.78 is 0. The third-order valence-corrected chi connectivity index (χ3v) is 2.11. The number of hydrogen-bond donors (Lipinski definition) is 1. The molecule has 3 nitrogen and oxygen atoms in total. The van der Waals surface area contributed by atoms with Crippen molar-refractivity contribution in [1.82, 2.24) is 4.90 Å². The lowest BCUT2D eigenvalue weighted by molar-refractivity contribution is -0.128. The zero-order valence-corrected chi connectivity index (χ0v) is 7.21. The largest absolute Gasteiger partial charge is 0.338 e. The van der Waals surface area contributed by atoms with Gasteiger partial charge < -0.3 is 10.6 Å². The van der Waals surface area contributed by atoms with Crippen molar-refractivity contribution in [3.63, 3.8) is 0 Å². The predicted octanol–water partition coefficient (Wildman–Crippen LogP) is 0.345. The van der Waals surface area contributed by atoms with Crippen molar-refractivity contribution in [2.75, 3.05) is 6.54 Å². The number of carbonyl (C=O) groups is 1. The Balaban J connectivity index is 2.48. The monoisotopic (exact) mass is 156 g/mol. The predicted molar refractivity (Wildman–Crippen MR) is 44.1 cm³/mol. The van der Waals surface area contributed by atoms with E-state index in [9.17, 15) is 4.79 Å². The van der Waals surface area contributed by atoms with Gasteiger partial charge >= 0.3 is 0 Å². The van der Waals surface area contributed by atoms with E-state index < -0.39 is 0 Å². The molecular weight excluding hydrogens is 140 g/mol. The van der Waals surface area contributed by atoms with Crippen molar-refractivity contribution < 1.29 is 4.79 Å². The van der Waals surface area contributed by atoms with Crippen molar-refractivity contribution in [3.05, 3.63) is 0 Å². The first-order chi connectivity index (χ1) is 5.11. The molecule has 64 valence electrons. The number of carbonyl (C=O) groups excluding carboxylic acids is 1. The summed E-state index contributed by atoms with van der Waals surface area (Å²) in [5, 5.41) is 0. The molecule has 0 aromatic heterocycles. The van der Waals surface area contributed by atoms with Gasteiger partial charge in [0.2, 0.25) is 5.91 Å². The highest BCUT2D eigenvalue weighted by Crippen LogP contribution is 2.17. The highest BCUT2D eigenvalue weighted by Gasteiger charge is 2.27. The van der Waals surface area contributed by atoms with E-state index in [0.717, 1.165) is 6.42 Å². The number of amides is 1. The first-order valence-corrected chi connectivity index (χ1v) is 4.16. The minimum absolute atomic E-state index is 0.0968. The molecule has 0 bridgehead atoms. The Morgan fingerprint density at radius 1 is 1.82 bits per heavy atom. The fourth-order valence-corrected chi connectivity index (χ4v) is 1.47. The fraction of sp³-hybridized carbons (Fsp3) is 0.875. The molecule has 1 amide bonds. The average Bonchev–Trinajstić information content (AvgIpc) is 2.18. The summed E-state index contributed by atoms with van der Waals surface area (Å²) in [5.41, 5.74) is 5.60. The van der Waals surface area contributed by atoms with E-state index in [1.54, 1.807) is 0 Å². The molecule has 1 saturated heterocycles.